The third kappa shape index (κ3) is 2.57. The summed E-state index contributed by atoms with van der Waals surface area (Å²) in [6, 6.07) is 8.67. The summed E-state index contributed by atoms with van der Waals surface area (Å²) in [7, 11) is 3.70. The summed E-state index contributed by atoms with van der Waals surface area (Å²) in [5.74, 6) is 0.414. The number of benzene rings is 1. The van der Waals surface area contributed by atoms with Crippen molar-refractivity contribution >= 4 is 10.9 Å². The van der Waals surface area contributed by atoms with Gasteiger partial charge in [-0.05, 0) is 30.3 Å². The second kappa shape index (κ2) is 6.18. The lowest BCUT2D eigenvalue weighted by molar-refractivity contribution is 0.192. The molecule has 6 nitrogen and oxygen atoms in total. The standard InChI is InChI=1S/C19H17FN4O2/c1-22-8-7-16-17(13-9-21-23(2)10-13)11-24(19(25)18(16)22)14-3-5-15(6-4-14)26-12-20/h3-11H,12H2,1-2H3. The van der Waals surface area contributed by atoms with Gasteiger partial charge in [-0.15, -0.1) is 0 Å². The van der Waals surface area contributed by atoms with Crippen LogP contribution in [0, 0.1) is 0 Å². The van der Waals surface area contributed by atoms with Crippen LogP contribution >= 0.6 is 0 Å². The van der Waals surface area contributed by atoms with E-state index < -0.39 is 6.86 Å². The summed E-state index contributed by atoms with van der Waals surface area (Å²) < 4.78 is 22.3. The second-order valence-electron chi connectivity index (χ2n) is 6.06. The molecule has 4 rings (SSSR count). The topological polar surface area (TPSA) is 54.0 Å². The molecular weight excluding hydrogens is 335 g/mol. The molecule has 26 heavy (non-hydrogen) atoms. The molecule has 0 atom stereocenters. The third-order valence-electron chi connectivity index (χ3n) is 4.39. The van der Waals surface area contributed by atoms with E-state index in [1.165, 1.54) is 0 Å². The first-order chi connectivity index (χ1) is 12.6. The highest BCUT2D eigenvalue weighted by Gasteiger charge is 2.15. The van der Waals surface area contributed by atoms with E-state index >= 15 is 0 Å². The normalized spacial score (nSPS) is 11.2. The molecule has 3 heterocycles. The highest BCUT2D eigenvalue weighted by Crippen LogP contribution is 2.28. The first-order valence-electron chi connectivity index (χ1n) is 8.07. The molecule has 4 aromatic rings. The van der Waals surface area contributed by atoms with Crippen LogP contribution in [0.25, 0.3) is 27.7 Å². The lowest BCUT2D eigenvalue weighted by atomic mass is 10.1. The molecule has 132 valence electrons. The molecular formula is C19H17FN4O2. The molecule has 0 aliphatic carbocycles. The number of aryl methyl sites for hydroxylation is 2. The first-order valence-corrected chi connectivity index (χ1v) is 8.07. The van der Waals surface area contributed by atoms with Crippen molar-refractivity contribution in [1.82, 2.24) is 18.9 Å². The number of hydrogen-bond donors (Lipinski definition) is 0. The summed E-state index contributed by atoms with van der Waals surface area (Å²) in [5.41, 5.74) is 3.00. The van der Waals surface area contributed by atoms with Crippen LogP contribution in [0.5, 0.6) is 5.75 Å². The zero-order chi connectivity index (χ0) is 18.3. The van der Waals surface area contributed by atoms with Crippen molar-refractivity contribution in [2.75, 3.05) is 6.86 Å². The SMILES string of the molecule is Cn1cc(-c2cn(-c3ccc(OCF)cc3)c(=O)c3c2ccn3C)cn1. The summed E-state index contributed by atoms with van der Waals surface area (Å²) in [6.45, 7) is -0.889. The van der Waals surface area contributed by atoms with Gasteiger partial charge in [0.1, 0.15) is 11.3 Å². The number of rotatable bonds is 4. The van der Waals surface area contributed by atoms with Crippen LogP contribution in [-0.4, -0.2) is 25.8 Å². The highest BCUT2D eigenvalue weighted by atomic mass is 19.1. The van der Waals surface area contributed by atoms with E-state index in [1.54, 1.807) is 39.7 Å². The van der Waals surface area contributed by atoms with E-state index in [1.807, 2.05) is 43.3 Å². The molecule has 7 heteroatoms. The van der Waals surface area contributed by atoms with Gasteiger partial charge in [-0.1, -0.05) is 0 Å². The largest absolute Gasteiger partial charge is 0.463 e. The third-order valence-corrected chi connectivity index (χ3v) is 4.39. The highest BCUT2D eigenvalue weighted by molar-refractivity contribution is 5.94. The molecule has 0 amide bonds. The van der Waals surface area contributed by atoms with Gasteiger partial charge in [0.05, 0.1) is 6.20 Å². The number of nitrogens with zero attached hydrogens (tertiary/aromatic N) is 4. The Morgan fingerprint density at radius 1 is 1.12 bits per heavy atom. The Morgan fingerprint density at radius 3 is 2.54 bits per heavy atom. The summed E-state index contributed by atoms with van der Waals surface area (Å²) in [4.78, 5) is 13.0. The van der Waals surface area contributed by atoms with E-state index in [9.17, 15) is 9.18 Å². The molecule has 0 spiro atoms. The molecule has 3 aromatic heterocycles. The Bertz CT molecular complexity index is 1140. The number of alkyl halides is 1. The molecule has 0 bridgehead atoms. The summed E-state index contributed by atoms with van der Waals surface area (Å²) >= 11 is 0. The van der Waals surface area contributed by atoms with E-state index in [2.05, 4.69) is 5.10 Å². The van der Waals surface area contributed by atoms with Crippen molar-refractivity contribution in [2.24, 2.45) is 14.1 Å². The van der Waals surface area contributed by atoms with Crippen LogP contribution in [0.1, 0.15) is 0 Å². The van der Waals surface area contributed by atoms with E-state index in [0.717, 1.165) is 16.5 Å². The molecule has 0 aliphatic rings. The van der Waals surface area contributed by atoms with Gasteiger partial charge in [0, 0.05) is 54.9 Å². The van der Waals surface area contributed by atoms with Crippen molar-refractivity contribution in [3.63, 3.8) is 0 Å². The lowest BCUT2D eigenvalue weighted by Gasteiger charge is -2.11. The summed E-state index contributed by atoms with van der Waals surface area (Å²) in [5, 5.41) is 5.11. The predicted molar refractivity (Wildman–Crippen MR) is 97.3 cm³/mol. The van der Waals surface area contributed by atoms with Crippen LogP contribution in [0.2, 0.25) is 0 Å². The van der Waals surface area contributed by atoms with Gasteiger partial charge in [0.25, 0.3) is 5.56 Å². The van der Waals surface area contributed by atoms with Crippen molar-refractivity contribution in [3.8, 4) is 22.6 Å². The van der Waals surface area contributed by atoms with Gasteiger partial charge >= 0.3 is 0 Å². The van der Waals surface area contributed by atoms with Gasteiger partial charge in [-0.3, -0.25) is 14.0 Å². The predicted octanol–water partition coefficient (Wildman–Crippen LogP) is 3.04. The van der Waals surface area contributed by atoms with Gasteiger partial charge in [0.15, 0.2) is 0 Å². The average molecular weight is 352 g/mol. The maximum absolute atomic E-state index is 13.0. The fourth-order valence-corrected chi connectivity index (χ4v) is 3.13. The second-order valence-corrected chi connectivity index (χ2v) is 6.06. The van der Waals surface area contributed by atoms with E-state index in [0.29, 0.717) is 17.0 Å². The Balaban J connectivity index is 1.96. The Morgan fingerprint density at radius 2 is 1.88 bits per heavy atom. The number of aromatic nitrogens is 4. The maximum atomic E-state index is 13.0. The quantitative estimate of drug-likeness (QED) is 0.567. The van der Waals surface area contributed by atoms with Crippen LogP contribution in [-0.2, 0) is 14.1 Å². The molecule has 0 saturated carbocycles. The molecule has 1 aromatic carbocycles. The number of fused-ring (bicyclic) bond motifs is 1. The van der Waals surface area contributed by atoms with E-state index in [-0.39, 0.29) is 5.56 Å². The Kier molecular flexibility index (Phi) is 3.84. The van der Waals surface area contributed by atoms with Gasteiger partial charge in [-0.25, -0.2) is 4.39 Å². The van der Waals surface area contributed by atoms with Crippen molar-refractivity contribution in [2.45, 2.75) is 0 Å². The minimum absolute atomic E-state index is 0.126. The van der Waals surface area contributed by atoms with Crippen molar-refractivity contribution in [1.29, 1.82) is 0 Å². The van der Waals surface area contributed by atoms with E-state index in [4.69, 9.17) is 4.74 Å². The number of hydrogen-bond acceptors (Lipinski definition) is 3. The fraction of sp³-hybridized carbons (Fsp3) is 0.158. The van der Waals surface area contributed by atoms with Crippen LogP contribution < -0.4 is 10.3 Å². The number of ether oxygens (including phenoxy) is 1. The minimum Gasteiger partial charge on any atom is -0.463 e. The smallest absolute Gasteiger partial charge is 0.279 e. The zero-order valence-electron chi connectivity index (χ0n) is 14.4. The zero-order valence-corrected chi connectivity index (χ0v) is 14.4. The fourth-order valence-electron chi connectivity index (χ4n) is 3.13. The summed E-state index contributed by atoms with van der Waals surface area (Å²) in [6.07, 6.45) is 7.37. The molecule has 0 unspecified atom stereocenters. The molecule has 0 aliphatic heterocycles. The molecule has 0 saturated heterocycles. The number of pyridine rings is 1. The van der Waals surface area contributed by atoms with Gasteiger partial charge in [-0.2, -0.15) is 5.10 Å². The minimum atomic E-state index is -0.889. The average Bonchev–Trinajstić information content (AvgIpc) is 3.23. The Labute approximate surface area is 148 Å². The van der Waals surface area contributed by atoms with Crippen molar-refractivity contribution in [3.05, 3.63) is 65.5 Å². The van der Waals surface area contributed by atoms with Crippen LogP contribution in [0.15, 0.2) is 59.9 Å². The molecule has 0 N–H and O–H groups in total. The van der Waals surface area contributed by atoms with Crippen molar-refractivity contribution < 1.29 is 9.13 Å². The Hall–Kier alpha value is -3.35. The van der Waals surface area contributed by atoms with Crippen LogP contribution in [0.3, 0.4) is 0 Å². The maximum Gasteiger partial charge on any atom is 0.279 e. The van der Waals surface area contributed by atoms with Gasteiger partial charge < -0.3 is 9.30 Å². The molecule has 0 fully saturated rings. The number of halogens is 1. The monoisotopic (exact) mass is 352 g/mol. The molecule has 0 radical (unpaired) electrons. The van der Waals surface area contributed by atoms with Gasteiger partial charge in [0.2, 0.25) is 6.86 Å². The lowest BCUT2D eigenvalue weighted by Crippen LogP contribution is -2.20. The van der Waals surface area contributed by atoms with Crippen LogP contribution in [0.4, 0.5) is 4.39 Å². The first kappa shape index (κ1) is 16.1.